The van der Waals surface area contributed by atoms with E-state index >= 15 is 0 Å². The van der Waals surface area contributed by atoms with Crippen molar-refractivity contribution in [2.45, 2.75) is 13.8 Å². The zero-order valence-electron chi connectivity index (χ0n) is 6.61. The third-order valence-electron chi connectivity index (χ3n) is 1.28. The lowest BCUT2D eigenvalue weighted by Gasteiger charge is -1.97. The second-order valence-electron chi connectivity index (χ2n) is 2.18. The molecular formula is C5H7N5O2. The highest BCUT2D eigenvalue weighted by Gasteiger charge is 2.04. The quantitative estimate of drug-likeness (QED) is 0.498. The van der Waals surface area contributed by atoms with Gasteiger partial charge in [0.25, 0.3) is 0 Å². The van der Waals surface area contributed by atoms with Crippen LogP contribution in [0.5, 0.6) is 0 Å². The Kier molecular flexibility index (Phi) is 2.13. The average molecular weight is 169 g/mol. The Morgan fingerprint density at radius 2 is 2.00 bits per heavy atom. The van der Waals surface area contributed by atoms with E-state index < -0.39 is 5.03 Å². The first kappa shape index (κ1) is 8.31. The summed E-state index contributed by atoms with van der Waals surface area (Å²) in [5.74, 6) is -0.0944. The van der Waals surface area contributed by atoms with Gasteiger partial charge < -0.3 is 0 Å². The highest BCUT2D eigenvalue weighted by atomic mass is 16.7. The van der Waals surface area contributed by atoms with Crippen molar-refractivity contribution >= 4 is 5.95 Å². The Balaban J connectivity index is 2.89. The number of aryl methyl sites for hydroxylation is 2. The van der Waals surface area contributed by atoms with Gasteiger partial charge in [-0.15, -0.1) is 5.10 Å². The van der Waals surface area contributed by atoms with E-state index in [0.717, 1.165) is 0 Å². The lowest BCUT2D eigenvalue weighted by Crippen LogP contribution is -2.12. The van der Waals surface area contributed by atoms with Crippen molar-refractivity contribution in [3.8, 4) is 0 Å². The van der Waals surface area contributed by atoms with Crippen LogP contribution >= 0.6 is 0 Å². The number of aromatic nitrogens is 3. The molecule has 1 N–H and O–H groups in total. The van der Waals surface area contributed by atoms with Crippen molar-refractivity contribution in [3.05, 3.63) is 21.5 Å². The third kappa shape index (κ3) is 1.84. The molecule has 0 spiro atoms. The number of nitrogens with one attached hydrogen (secondary N) is 1. The molecule has 64 valence electrons. The van der Waals surface area contributed by atoms with Crippen LogP contribution in [0, 0.1) is 24.0 Å². The Morgan fingerprint density at radius 3 is 2.50 bits per heavy atom. The number of hydrazine groups is 1. The Labute approximate surface area is 68.0 Å². The maximum atomic E-state index is 9.95. The first-order valence-corrected chi connectivity index (χ1v) is 3.18. The van der Waals surface area contributed by atoms with E-state index in [1.165, 1.54) is 0 Å². The molecule has 7 nitrogen and oxygen atoms in total. The van der Waals surface area contributed by atoms with E-state index in [-0.39, 0.29) is 5.95 Å². The van der Waals surface area contributed by atoms with Crippen molar-refractivity contribution < 1.29 is 5.03 Å². The molecule has 1 rings (SSSR count). The van der Waals surface area contributed by atoms with Gasteiger partial charge in [0.2, 0.25) is 0 Å². The van der Waals surface area contributed by atoms with Gasteiger partial charge in [-0.2, -0.15) is 5.10 Å². The summed E-state index contributed by atoms with van der Waals surface area (Å²) in [5, 5.41) is 16.3. The van der Waals surface area contributed by atoms with E-state index in [1.807, 2.05) is 5.43 Å². The van der Waals surface area contributed by atoms with Gasteiger partial charge in [0.15, 0.2) is 5.03 Å². The van der Waals surface area contributed by atoms with E-state index in [9.17, 15) is 10.1 Å². The fourth-order valence-corrected chi connectivity index (χ4v) is 0.586. The maximum Gasteiger partial charge on any atom is 0.303 e. The van der Waals surface area contributed by atoms with Crippen molar-refractivity contribution in [2.24, 2.45) is 0 Å². The van der Waals surface area contributed by atoms with E-state index in [1.54, 1.807) is 13.8 Å². The average Bonchev–Trinajstić information content (AvgIpc) is 1.96. The zero-order chi connectivity index (χ0) is 9.14. The summed E-state index contributed by atoms with van der Waals surface area (Å²) in [6.45, 7) is 3.43. The van der Waals surface area contributed by atoms with Crippen LogP contribution in [0.4, 0.5) is 5.95 Å². The van der Waals surface area contributed by atoms with Gasteiger partial charge >= 0.3 is 5.95 Å². The number of anilines is 1. The molecule has 7 heteroatoms. The van der Waals surface area contributed by atoms with Crippen LogP contribution in [0.15, 0.2) is 0 Å². The number of nitro groups is 1. The smallest absolute Gasteiger partial charge is 0.234 e. The molecule has 0 unspecified atom stereocenters. The second-order valence-corrected chi connectivity index (χ2v) is 2.18. The van der Waals surface area contributed by atoms with Crippen LogP contribution in [0.25, 0.3) is 0 Å². The minimum absolute atomic E-state index is 0.0944. The fraction of sp³-hybridized carbons (Fsp3) is 0.400. The monoisotopic (exact) mass is 169 g/mol. The van der Waals surface area contributed by atoms with E-state index in [2.05, 4.69) is 15.2 Å². The van der Waals surface area contributed by atoms with Gasteiger partial charge in [-0.1, -0.05) is 5.43 Å². The summed E-state index contributed by atoms with van der Waals surface area (Å²) in [6.07, 6.45) is 0. The van der Waals surface area contributed by atoms with Crippen LogP contribution in [0.3, 0.4) is 0 Å². The predicted octanol–water partition coefficient (Wildman–Crippen LogP) is 0.0920. The normalized spacial score (nSPS) is 9.50. The van der Waals surface area contributed by atoms with E-state index in [0.29, 0.717) is 11.4 Å². The molecule has 0 radical (unpaired) electrons. The van der Waals surface area contributed by atoms with E-state index in [4.69, 9.17) is 0 Å². The molecule has 0 aliphatic rings. The Morgan fingerprint density at radius 1 is 1.33 bits per heavy atom. The molecule has 1 heterocycles. The maximum absolute atomic E-state index is 9.95. The van der Waals surface area contributed by atoms with Gasteiger partial charge in [0.05, 0.1) is 11.4 Å². The summed E-state index contributed by atoms with van der Waals surface area (Å²) in [6, 6.07) is 0. The molecule has 0 aliphatic carbocycles. The fourth-order valence-electron chi connectivity index (χ4n) is 0.586. The summed E-state index contributed by atoms with van der Waals surface area (Å²) in [5.41, 5.74) is 3.09. The largest absolute Gasteiger partial charge is 0.303 e. The minimum Gasteiger partial charge on any atom is -0.234 e. The van der Waals surface area contributed by atoms with Gasteiger partial charge in [-0.25, -0.2) is 15.1 Å². The molecule has 0 amide bonds. The zero-order valence-corrected chi connectivity index (χ0v) is 6.61. The second kappa shape index (κ2) is 3.07. The highest BCUT2D eigenvalue weighted by molar-refractivity contribution is 5.20. The number of hydrogen-bond donors (Lipinski definition) is 1. The first-order valence-electron chi connectivity index (χ1n) is 3.18. The topological polar surface area (TPSA) is 93.8 Å². The van der Waals surface area contributed by atoms with Gasteiger partial charge in [-0.05, 0) is 13.8 Å². The Bertz CT molecular complexity index is 313. The number of hydrogen-bond acceptors (Lipinski definition) is 5. The summed E-state index contributed by atoms with van der Waals surface area (Å²) >= 11 is 0. The van der Waals surface area contributed by atoms with Crippen LogP contribution in [0.1, 0.15) is 11.4 Å². The molecule has 0 aliphatic heterocycles. The van der Waals surface area contributed by atoms with Crippen LogP contribution in [-0.2, 0) is 0 Å². The molecule has 0 bridgehead atoms. The SMILES string of the molecule is Cc1nnc(N[N+](=O)[O-])nc1C. The lowest BCUT2D eigenvalue weighted by molar-refractivity contribution is -0.446. The van der Waals surface area contributed by atoms with Crippen molar-refractivity contribution in [1.82, 2.24) is 15.2 Å². The van der Waals surface area contributed by atoms with Crippen LogP contribution in [-0.4, -0.2) is 20.2 Å². The molecule has 1 aromatic rings. The van der Waals surface area contributed by atoms with Crippen molar-refractivity contribution in [1.29, 1.82) is 0 Å². The highest BCUT2D eigenvalue weighted by Crippen LogP contribution is 2.00. The molecule has 0 aromatic carbocycles. The lowest BCUT2D eigenvalue weighted by atomic mass is 10.4. The number of rotatable bonds is 2. The molecule has 0 fully saturated rings. The molecular weight excluding hydrogens is 162 g/mol. The van der Waals surface area contributed by atoms with Gasteiger partial charge in [-0.3, -0.25) is 0 Å². The van der Waals surface area contributed by atoms with Crippen molar-refractivity contribution in [3.63, 3.8) is 0 Å². The molecule has 0 saturated heterocycles. The predicted molar refractivity (Wildman–Crippen MR) is 39.9 cm³/mol. The minimum atomic E-state index is -0.730. The molecule has 1 aromatic heterocycles. The van der Waals surface area contributed by atoms with Crippen LogP contribution in [0.2, 0.25) is 0 Å². The third-order valence-corrected chi connectivity index (χ3v) is 1.28. The van der Waals surface area contributed by atoms with Crippen molar-refractivity contribution in [2.75, 3.05) is 5.43 Å². The summed E-state index contributed by atoms with van der Waals surface area (Å²) in [7, 11) is 0. The standard InChI is InChI=1S/C5H7N5O2/c1-3-4(2)7-8-5(6-3)9-10(11)12/h1-2H3,(H,6,8,9). The summed E-state index contributed by atoms with van der Waals surface area (Å²) < 4.78 is 0. The number of nitrogens with zero attached hydrogens (tertiary/aromatic N) is 4. The summed E-state index contributed by atoms with van der Waals surface area (Å²) in [4.78, 5) is 13.7. The van der Waals surface area contributed by atoms with Gasteiger partial charge in [0.1, 0.15) is 0 Å². The first-order chi connectivity index (χ1) is 5.59. The molecule has 0 atom stereocenters. The Hall–Kier alpha value is -1.79. The van der Waals surface area contributed by atoms with Crippen LogP contribution < -0.4 is 5.43 Å². The van der Waals surface area contributed by atoms with Gasteiger partial charge in [0, 0.05) is 0 Å². The molecule has 0 saturated carbocycles. The molecule has 12 heavy (non-hydrogen) atoms.